The molecule has 0 atom stereocenters. The topological polar surface area (TPSA) is 66.4 Å². The second kappa shape index (κ2) is 7.30. The second-order valence-corrected chi connectivity index (χ2v) is 6.53. The van der Waals surface area contributed by atoms with Crippen LogP contribution in [0.25, 0.3) is 0 Å². The maximum atomic E-state index is 12.4. The van der Waals surface area contributed by atoms with Gasteiger partial charge in [-0.25, -0.2) is 4.79 Å². The van der Waals surface area contributed by atoms with E-state index in [2.05, 4.69) is 39.1 Å². The van der Waals surface area contributed by atoms with Crippen LogP contribution in [-0.4, -0.2) is 17.0 Å². The highest BCUT2D eigenvalue weighted by Gasteiger charge is 2.11. The molecule has 0 radical (unpaired) electrons. The van der Waals surface area contributed by atoms with Gasteiger partial charge in [0.2, 0.25) is 0 Å². The molecule has 0 aliphatic carbocycles. The van der Waals surface area contributed by atoms with Crippen LogP contribution in [0, 0.1) is 0 Å². The average Bonchev–Trinajstić information content (AvgIpc) is 2.54. The molecule has 0 saturated carbocycles. The maximum Gasteiger partial charge on any atom is 0.335 e. The largest absolute Gasteiger partial charge is 0.478 e. The summed E-state index contributed by atoms with van der Waals surface area (Å²) < 4.78 is 0. The Kier molecular flexibility index (Phi) is 5.39. The number of hydrogen-bond acceptors (Lipinski definition) is 2. The Morgan fingerprint density at radius 1 is 0.833 bits per heavy atom. The van der Waals surface area contributed by atoms with Crippen molar-refractivity contribution in [3.63, 3.8) is 0 Å². The molecule has 1 amide bonds. The van der Waals surface area contributed by atoms with Gasteiger partial charge in [-0.1, -0.05) is 33.8 Å². The number of rotatable bonds is 5. The zero-order valence-corrected chi connectivity index (χ0v) is 14.5. The van der Waals surface area contributed by atoms with Crippen molar-refractivity contribution in [2.45, 2.75) is 39.5 Å². The minimum absolute atomic E-state index is 0.162. The molecule has 0 aliphatic heterocycles. The minimum Gasteiger partial charge on any atom is -0.478 e. The number of carboxylic acid groups (broad SMARTS) is 1. The predicted octanol–water partition coefficient (Wildman–Crippen LogP) is 4.88. The van der Waals surface area contributed by atoms with E-state index >= 15 is 0 Å². The van der Waals surface area contributed by atoms with Crippen LogP contribution in [0.15, 0.2) is 42.5 Å². The van der Waals surface area contributed by atoms with Gasteiger partial charge in [0, 0.05) is 11.3 Å². The number of carbonyl (C=O) groups is 2. The number of aromatic carboxylic acids is 1. The van der Waals surface area contributed by atoms with Crippen molar-refractivity contribution in [3.8, 4) is 0 Å². The van der Waals surface area contributed by atoms with Crippen molar-refractivity contribution in [3.05, 3.63) is 64.7 Å². The smallest absolute Gasteiger partial charge is 0.335 e. The van der Waals surface area contributed by atoms with E-state index in [4.69, 9.17) is 5.11 Å². The Hall–Kier alpha value is -2.62. The molecule has 126 valence electrons. The first kappa shape index (κ1) is 17.7. The van der Waals surface area contributed by atoms with E-state index < -0.39 is 5.97 Å². The summed E-state index contributed by atoms with van der Waals surface area (Å²) in [6.07, 6.45) is 0. The van der Waals surface area contributed by atoms with Gasteiger partial charge in [0.05, 0.1) is 5.56 Å². The second-order valence-electron chi connectivity index (χ2n) is 6.53. The molecular formula is C20H23NO3. The third kappa shape index (κ3) is 4.22. The molecule has 0 unspecified atom stereocenters. The summed E-state index contributed by atoms with van der Waals surface area (Å²) in [5, 5.41) is 11.8. The fraction of sp³-hybridized carbons (Fsp3) is 0.300. The number of carboxylic acids is 1. The molecule has 2 aromatic rings. The molecule has 0 bridgehead atoms. The van der Waals surface area contributed by atoms with E-state index in [1.54, 1.807) is 0 Å². The highest BCUT2D eigenvalue weighted by Crippen LogP contribution is 2.26. The van der Waals surface area contributed by atoms with Crippen molar-refractivity contribution < 1.29 is 14.7 Å². The molecule has 2 N–H and O–H groups in total. The molecule has 24 heavy (non-hydrogen) atoms. The highest BCUT2D eigenvalue weighted by molar-refractivity contribution is 6.04. The zero-order chi connectivity index (χ0) is 17.9. The molecule has 2 aromatic carbocycles. The summed E-state index contributed by atoms with van der Waals surface area (Å²) in [6, 6.07) is 12.1. The van der Waals surface area contributed by atoms with E-state index in [9.17, 15) is 9.59 Å². The fourth-order valence-corrected chi connectivity index (χ4v) is 2.38. The van der Waals surface area contributed by atoms with Gasteiger partial charge in [-0.15, -0.1) is 0 Å². The van der Waals surface area contributed by atoms with Gasteiger partial charge in [-0.05, 0) is 59.4 Å². The van der Waals surface area contributed by atoms with E-state index in [-0.39, 0.29) is 11.5 Å². The lowest BCUT2D eigenvalue weighted by molar-refractivity contribution is 0.0696. The Morgan fingerprint density at radius 2 is 1.29 bits per heavy atom. The quantitative estimate of drug-likeness (QED) is 0.823. The van der Waals surface area contributed by atoms with Gasteiger partial charge in [0.15, 0.2) is 0 Å². The molecular weight excluding hydrogens is 302 g/mol. The third-order valence-electron chi connectivity index (χ3n) is 3.96. The summed E-state index contributed by atoms with van der Waals surface area (Å²) in [7, 11) is 0. The van der Waals surface area contributed by atoms with Crippen molar-refractivity contribution >= 4 is 17.6 Å². The predicted molar refractivity (Wildman–Crippen MR) is 96.0 cm³/mol. The lowest BCUT2D eigenvalue weighted by atomic mass is 9.95. The van der Waals surface area contributed by atoms with Crippen LogP contribution in [0.1, 0.15) is 71.4 Å². The van der Waals surface area contributed by atoms with E-state index in [0.717, 1.165) is 5.69 Å². The van der Waals surface area contributed by atoms with Crippen LogP contribution in [0.2, 0.25) is 0 Å². The minimum atomic E-state index is -1.01. The van der Waals surface area contributed by atoms with Crippen LogP contribution >= 0.6 is 0 Å². The molecule has 2 rings (SSSR count). The summed E-state index contributed by atoms with van der Waals surface area (Å²) >= 11 is 0. The Balaban J connectivity index is 2.26. The van der Waals surface area contributed by atoms with E-state index in [1.165, 1.54) is 35.4 Å². The molecule has 0 aromatic heterocycles. The standard InChI is InChI=1S/C20H23NO3/c1-12(2)16-9-17(13(3)4)11-18(10-16)21-19(22)14-5-7-15(8-6-14)20(23)24/h5-13H,1-4H3,(H,21,22)(H,23,24). The van der Waals surface area contributed by atoms with E-state index in [1.807, 2.05) is 12.1 Å². The Morgan fingerprint density at radius 3 is 1.71 bits per heavy atom. The molecule has 4 nitrogen and oxygen atoms in total. The molecule has 0 spiro atoms. The van der Waals surface area contributed by atoms with Crippen LogP contribution in [0.4, 0.5) is 5.69 Å². The van der Waals surface area contributed by atoms with Gasteiger partial charge in [0.1, 0.15) is 0 Å². The first-order chi connectivity index (χ1) is 11.3. The molecule has 0 heterocycles. The first-order valence-corrected chi connectivity index (χ1v) is 8.07. The van der Waals surface area contributed by atoms with Crippen LogP contribution in [-0.2, 0) is 0 Å². The van der Waals surface area contributed by atoms with Gasteiger partial charge in [-0.3, -0.25) is 4.79 Å². The summed E-state index contributed by atoms with van der Waals surface area (Å²) in [4.78, 5) is 23.3. The summed E-state index contributed by atoms with van der Waals surface area (Å²) in [5.74, 6) is -0.515. The summed E-state index contributed by atoms with van der Waals surface area (Å²) in [6.45, 7) is 8.48. The number of nitrogens with one attached hydrogen (secondary N) is 1. The average molecular weight is 325 g/mol. The molecule has 0 fully saturated rings. The number of carbonyl (C=O) groups excluding carboxylic acids is 1. The van der Waals surface area contributed by atoms with Gasteiger partial charge in [0.25, 0.3) is 5.91 Å². The molecule has 4 heteroatoms. The van der Waals surface area contributed by atoms with Crippen molar-refractivity contribution in [2.24, 2.45) is 0 Å². The number of amides is 1. The van der Waals surface area contributed by atoms with Crippen molar-refractivity contribution in [2.75, 3.05) is 5.32 Å². The fourth-order valence-electron chi connectivity index (χ4n) is 2.38. The van der Waals surface area contributed by atoms with Crippen LogP contribution < -0.4 is 5.32 Å². The number of hydrogen-bond donors (Lipinski definition) is 2. The van der Waals surface area contributed by atoms with Crippen molar-refractivity contribution in [1.82, 2.24) is 0 Å². The Bertz CT molecular complexity index is 720. The highest BCUT2D eigenvalue weighted by atomic mass is 16.4. The molecule has 0 aliphatic rings. The normalized spacial score (nSPS) is 10.9. The zero-order valence-electron chi connectivity index (χ0n) is 14.5. The lowest BCUT2D eigenvalue weighted by Gasteiger charge is -2.15. The maximum absolute atomic E-state index is 12.4. The monoisotopic (exact) mass is 325 g/mol. The van der Waals surface area contributed by atoms with Crippen LogP contribution in [0.3, 0.4) is 0 Å². The first-order valence-electron chi connectivity index (χ1n) is 8.07. The number of benzene rings is 2. The van der Waals surface area contributed by atoms with Crippen molar-refractivity contribution in [1.29, 1.82) is 0 Å². The lowest BCUT2D eigenvalue weighted by Crippen LogP contribution is -2.13. The van der Waals surface area contributed by atoms with Gasteiger partial charge < -0.3 is 10.4 Å². The third-order valence-corrected chi connectivity index (χ3v) is 3.96. The van der Waals surface area contributed by atoms with E-state index in [0.29, 0.717) is 17.4 Å². The SMILES string of the molecule is CC(C)c1cc(NC(=O)c2ccc(C(=O)O)cc2)cc(C(C)C)c1. The van der Waals surface area contributed by atoms with Gasteiger partial charge >= 0.3 is 5.97 Å². The summed E-state index contributed by atoms with van der Waals surface area (Å²) in [5.41, 5.74) is 3.71. The Labute approximate surface area is 142 Å². The van der Waals surface area contributed by atoms with Gasteiger partial charge in [-0.2, -0.15) is 0 Å². The number of anilines is 1. The van der Waals surface area contributed by atoms with Crippen LogP contribution in [0.5, 0.6) is 0 Å². The molecule has 0 saturated heterocycles.